The highest BCUT2D eigenvalue weighted by Gasteiger charge is 2.48. The van der Waals surface area contributed by atoms with E-state index in [-0.39, 0.29) is 27.6 Å². The zero-order chi connectivity index (χ0) is 64.2. The van der Waals surface area contributed by atoms with Crippen molar-refractivity contribution >= 4 is 32.7 Å². The van der Waals surface area contributed by atoms with Gasteiger partial charge in [0.2, 0.25) is 0 Å². The second-order valence-electron chi connectivity index (χ2n) is 29.8. The summed E-state index contributed by atoms with van der Waals surface area (Å²) in [5.74, 6) is -0.0166. The Morgan fingerprint density at radius 1 is 0.391 bits per heavy atom. The molecule has 456 valence electrons. The van der Waals surface area contributed by atoms with Crippen molar-refractivity contribution in [3.05, 3.63) is 357 Å². The molecule has 0 radical (unpaired) electrons. The molecule has 1 aliphatic rings. The van der Waals surface area contributed by atoms with Crippen molar-refractivity contribution in [2.45, 2.75) is 118 Å². The molecule has 0 N–H and O–H groups in total. The fourth-order valence-corrected chi connectivity index (χ4v) is 14.8. The lowest BCUT2D eigenvalue weighted by atomic mass is 9.66. The first kappa shape index (κ1) is 61.5. The Hall–Kier alpha value is -9.36. The summed E-state index contributed by atoms with van der Waals surface area (Å²) in [6.07, 6.45) is 6.82. The maximum Gasteiger partial charge on any atom is 0.0714 e. The van der Waals surface area contributed by atoms with Gasteiger partial charge in [-0.15, -0.1) is 0 Å². The van der Waals surface area contributed by atoms with Gasteiger partial charge in [0.1, 0.15) is 0 Å². The summed E-state index contributed by atoms with van der Waals surface area (Å²) < 4.78 is 0. The molecule has 0 saturated heterocycles. The van der Waals surface area contributed by atoms with Gasteiger partial charge in [-0.2, -0.15) is 0 Å². The first-order chi connectivity index (χ1) is 44.2. The molecule has 13 rings (SSSR count). The van der Waals surface area contributed by atoms with Crippen LogP contribution in [0.15, 0.2) is 285 Å². The fraction of sp³-hybridized carbons (Fsp3) is 0.217. The van der Waals surface area contributed by atoms with Crippen LogP contribution < -0.4 is 0 Å². The molecule has 1 unspecified atom stereocenters. The lowest BCUT2D eigenvalue weighted by Gasteiger charge is -2.35. The van der Waals surface area contributed by atoms with Gasteiger partial charge in [-0.05, 0) is 179 Å². The van der Waals surface area contributed by atoms with E-state index in [0.717, 1.165) is 12.8 Å². The van der Waals surface area contributed by atoms with E-state index in [0.29, 0.717) is 0 Å². The molecule has 0 aromatic heterocycles. The van der Waals surface area contributed by atoms with Crippen LogP contribution >= 0.6 is 0 Å². The zero-order valence-corrected chi connectivity index (χ0v) is 56.1. The minimum absolute atomic E-state index is 0.0166. The van der Waals surface area contributed by atoms with E-state index < -0.39 is 5.41 Å². The minimum Gasteiger partial charge on any atom is -0.0750 e. The molecule has 1 aliphatic carbocycles. The predicted molar refractivity (Wildman–Crippen MR) is 396 cm³/mol. The van der Waals surface area contributed by atoms with Crippen molar-refractivity contribution in [3.8, 4) is 33.4 Å². The summed E-state index contributed by atoms with van der Waals surface area (Å²) in [5.41, 5.74) is 26.0. The van der Waals surface area contributed by atoms with Crippen LogP contribution in [0.1, 0.15) is 168 Å². The molecule has 12 aromatic rings. The molecule has 12 aromatic carbocycles. The second-order valence-corrected chi connectivity index (χ2v) is 29.8. The van der Waals surface area contributed by atoms with E-state index in [1.54, 1.807) is 0 Å². The highest BCUT2D eigenvalue weighted by Crippen LogP contribution is 2.59. The largest absolute Gasteiger partial charge is 0.0750 e. The van der Waals surface area contributed by atoms with Gasteiger partial charge in [0, 0.05) is 5.92 Å². The third-order valence-corrected chi connectivity index (χ3v) is 19.7. The number of hydrogen-bond donors (Lipinski definition) is 0. The van der Waals surface area contributed by atoms with Gasteiger partial charge in [-0.3, -0.25) is 0 Å². The van der Waals surface area contributed by atoms with Gasteiger partial charge in [-0.25, -0.2) is 0 Å². The van der Waals surface area contributed by atoms with E-state index in [1.165, 1.54) is 138 Å². The van der Waals surface area contributed by atoms with Gasteiger partial charge in [0.25, 0.3) is 0 Å². The molecular weight excluding hydrogens is 1110 g/mol. The monoisotopic (exact) mass is 1190 g/mol. The van der Waals surface area contributed by atoms with Crippen molar-refractivity contribution < 1.29 is 0 Å². The molecule has 0 amide bonds. The van der Waals surface area contributed by atoms with Gasteiger partial charge >= 0.3 is 0 Å². The summed E-state index contributed by atoms with van der Waals surface area (Å²) in [5, 5.41) is 5.15. The van der Waals surface area contributed by atoms with Crippen molar-refractivity contribution in [3.63, 3.8) is 0 Å². The Labute approximate surface area is 549 Å². The van der Waals surface area contributed by atoms with E-state index in [2.05, 4.69) is 368 Å². The Kier molecular flexibility index (Phi) is 16.3. The van der Waals surface area contributed by atoms with Crippen LogP contribution in [0.25, 0.3) is 66.1 Å². The van der Waals surface area contributed by atoms with E-state index in [9.17, 15) is 0 Å². The maximum atomic E-state index is 2.61. The van der Waals surface area contributed by atoms with Gasteiger partial charge in [-0.1, -0.05) is 362 Å². The summed E-state index contributed by atoms with van der Waals surface area (Å²) in [6.45, 7) is 28.2. The molecule has 0 fully saturated rings. The van der Waals surface area contributed by atoms with Crippen molar-refractivity contribution in [1.29, 1.82) is 0 Å². The standard InChI is InChI=1S/C92H88/c1-13-91(11,12)61-81(64-33-21-15-22-34-64)65-43-45-68(46-44-65)86-77-53-49-69(56-79(77)82(90(8,9)10)59-80(86)85(66-35-23-16-24-36-66)67-37-25-17-26-38-67)63-47-50-73(51-48-63)92(72-39-27-18-28-40-72)83-58-74(89(5,6)7)52-54-78(83)87-76-42-30-29-41-75(76)70(57-84(87)92)55-71(60-88(2,3)4)62-31-19-14-20-32-62/h14-54,56-61,85H,13,55H2,1-12H3. The van der Waals surface area contributed by atoms with Crippen LogP contribution in [0.5, 0.6) is 0 Å². The van der Waals surface area contributed by atoms with Crippen molar-refractivity contribution in [2.24, 2.45) is 10.8 Å². The molecule has 0 saturated carbocycles. The number of allylic oxidation sites excluding steroid dienone is 3. The topological polar surface area (TPSA) is 0 Å². The number of hydrogen-bond acceptors (Lipinski definition) is 0. The molecular formula is C92H88. The summed E-state index contributed by atoms with van der Waals surface area (Å²) in [6, 6.07) is 104. The lowest BCUT2D eigenvalue weighted by molar-refractivity contribution is 0.463. The van der Waals surface area contributed by atoms with Gasteiger partial charge < -0.3 is 0 Å². The highest BCUT2D eigenvalue weighted by atomic mass is 14.5. The molecule has 0 heterocycles. The fourth-order valence-electron chi connectivity index (χ4n) is 14.8. The van der Waals surface area contributed by atoms with Gasteiger partial charge in [0.15, 0.2) is 0 Å². The highest BCUT2D eigenvalue weighted by molar-refractivity contribution is 6.07. The predicted octanol–water partition coefficient (Wildman–Crippen LogP) is 25.0. The van der Waals surface area contributed by atoms with Crippen molar-refractivity contribution in [2.75, 3.05) is 0 Å². The smallest absolute Gasteiger partial charge is 0.0714 e. The van der Waals surface area contributed by atoms with Gasteiger partial charge in [0.05, 0.1) is 5.41 Å². The van der Waals surface area contributed by atoms with E-state index in [1.807, 2.05) is 0 Å². The second kappa shape index (κ2) is 24.4. The lowest BCUT2D eigenvalue weighted by Crippen LogP contribution is -2.29. The molecule has 0 spiro atoms. The third kappa shape index (κ3) is 11.7. The molecule has 92 heavy (non-hydrogen) atoms. The maximum absolute atomic E-state index is 2.61. The number of benzene rings is 12. The molecule has 1 atom stereocenters. The summed E-state index contributed by atoms with van der Waals surface area (Å²) in [4.78, 5) is 0. The number of fused-ring (bicyclic) bond motifs is 6. The van der Waals surface area contributed by atoms with Crippen LogP contribution in [0, 0.1) is 10.8 Å². The molecule has 0 nitrogen and oxygen atoms in total. The molecule has 0 bridgehead atoms. The minimum atomic E-state index is -0.632. The van der Waals surface area contributed by atoms with Crippen LogP contribution in [0.3, 0.4) is 0 Å². The Morgan fingerprint density at radius 2 is 0.902 bits per heavy atom. The van der Waals surface area contributed by atoms with Crippen molar-refractivity contribution in [1.82, 2.24) is 0 Å². The average Bonchev–Trinajstić information content (AvgIpc) is 1.51. The van der Waals surface area contributed by atoms with E-state index >= 15 is 0 Å². The summed E-state index contributed by atoms with van der Waals surface area (Å²) >= 11 is 0. The summed E-state index contributed by atoms with van der Waals surface area (Å²) in [7, 11) is 0. The Morgan fingerprint density at radius 3 is 1.48 bits per heavy atom. The molecule has 0 aliphatic heterocycles. The van der Waals surface area contributed by atoms with Crippen LogP contribution in [0.2, 0.25) is 0 Å². The van der Waals surface area contributed by atoms with Crippen LogP contribution in [-0.4, -0.2) is 0 Å². The zero-order valence-electron chi connectivity index (χ0n) is 56.1. The first-order valence-corrected chi connectivity index (χ1v) is 33.4. The average molecular weight is 1190 g/mol. The Balaban J connectivity index is 1.02. The van der Waals surface area contributed by atoms with Crippen LogP contribution in [-0.2, 0) is 22.7 Å². The van der Waals surface area contributed by atoms with Crippen LogP contribution in [0.4, 0.5) is 0 Å². The Bertz CT molecular complexity index is 4650. The molecule has 0 heteroatoms. The van der Waals surface area contributed by atoms with E-state index in [4.69, 9.17) is 0 Å². The quantitative estimate of drug-likeness (QED) is 0.0952. The normalized spacial score (nSPS) is 14.7. The third-order valence-electron chi connectivity index (χ3n) is 19.7. The SMILES string of the molecule is CCC(C)(C)C=C(c1ccccc1)c1ccc(-c2c(C(c3ccccc3)c3ccccc3)cc(C(C)(C)C)c3cc(-c4ccc(C5(c6ccccc6)c6cc(C(C)(C)C)ccc6-c6c5cc(CC(=CC(C)(C)C)c5ccccc5)c5ccccc65)cc4)ccc23)cc1. The number of rotatable bonds is 14. The first-order valence-electron chi connectivity index (χ1n) is 33.4.